The molecule has 140 valence electrons. The molecule has 0 radical (unpaired) electrons. The number of benzene rings is 2. The highest BCUT2D eigenvalue weighted by atomic mass is 35.5. The zero-order valence-electron chi connectivity index (χ0n) is 14.4. The molecule has 0 saturated heterocycles. The number of rotatable bonds is 9. The first kappa shape index (κ1) is 20.3. The minimum absolute atomic E-state index is 0.0501. The highest BCUT2D eigenvalue weighted by Gasteiger charge is 2.20. The lowest BCUT2D eigenvalue weighted by molar-refractivity contribution is -0.145. The van der Waals surface area contributed by atoms with Gasteiger partial charge in [-0.1, -0.05) is 29.3 Å². The van der Waals surface area contributed by atoms with Gasteiger partial charge in [0.15, 0.2) is 15.9 Å². The van der Waals surface area contributed by atoms with Gasteiger partial charge < -0.3 is 9.84 Å². The Morgan fingerprint density at radius 1 is 1.08 bits per heavy atom. The first-order valence-electron chi connectivity index (χ1n) is 8.22. The van der Waals surface area contributed by atoms with Crippen molar-refractivity contribution in [2.75, 3.05) is 5.75 Å². The van der Waals surface area contributed by atoms with Crippen LogP contribution in [0, 0.1) is 6.92 Å². The van der Waals surface area contributed by atoms with Crippen molar-refractivity contribution in [3.8, 4) is 5.75 Å². The third kappa shape index (κ3) is 6.04. The van der Waals surface area contributed by atoms with Gasteiger partial charge in [0.05, 0.1) is 10.6 Å². The molecule has 0 amide bonds. The molecule has 26 heavy (non-hydrogen) atoms. The lowest BCUT2D eigenvalue weighted by atomic mass is 10.1. The predicted octanol–water partition coefficient (Wildman–Crippen LogP) is 4.12. The van der Waals surface area contributed by atoms with Crippen LogP contribution < -0.4 is 4.74 Å². The van der Waals surface area contributed by atoms with E-state index in [2.05, 4.69) is 0 Å². The van der Waals surface area contributed by atoms with Gasteiger partial charge in [-0.3, -0.25) is 0 Å². The first-order valence-corrected chi connectivity index (χ1v) is 10.3. The lowest BCUT2D eigenvalue weighted by Gasteiger charge is -2.15. The quantitative estimate of drug-likeness (QED) is 0.644. The molecule has 0 fully saturated rings. The first-order chi connectivity index (χ1) is 12.3. The molecule has 0 aliphatic rings. The molecule has 1 atom stereocenters. The average molecular weight is 397 g/mol. The summed E-state index contributed by atoms with van der Waals surface area (Å²) in [5.74, 6) is -0.631. The van der Waals surface area contributed by atoms with E-state index in [1.165, 1.54) is 24.3 Å². The fourth-order valence-electron chi connectivity index (χ4n) is 2.40. The second-order valence-electron chi connectivity index (χ2n) is 6.03. The monoisotopic (exact) mass is 396 g/mol. The third-order valence-electron chi connectivity index (χ3n) is 3.88. The van der Waals surface area contributed by atoms with Crippen LogP contribution in [-0.2, 0) is 14.6 Å². The van der Waals surface area contributed by atoms with E-state index in [1.54, 1.807) is 12.1 Å². The molecule has 0 aromatic heterocycles. The number of aliphatic carboxylic acids is 1. The van der Waals surface area contributed by atoms with Gasteiger partial charge in [-0.05, 0) is 62.6 Å². The topological polar surface area (TPSA) is 80.7 Å². The van der Waals surface area contributed by atoms with Crippen molar-refractivity contribution >= 4 is 27.4 Å². The molecule has 2 aromatic carbocycles. The zero-order valence-corrected chi connectivity index (χ0v) is 16.0. The number of halogens is 1. The van der Waals surface area contributed by atoms with Crippen LogP contribution in [0.5, 0.6) is 5.75 Å². The number of sulfone groups is 1. The van der Waals surface area contributed by atoms with Crippen LogP contribution in [0.3, 0.4) is 0 Å². The van der Waals surface area contributed by atoms with E-state index in [1.807, 2.05) is 19.1 Å². The molecule has 5 nitrogen and oxygen atoms in total. The van der Waals surface area contributed by atoms with E-state index < -0.39 is 21.9 Å². The van der Waals surface area contributed by atoms with E-state index >= 15 is 0 Å². The summed E-state index contributed by atoms with van der Waals surface area (Å²) >= 11 is 5.76. The van der Waals surface area contributed by atoms with Gasteiger partial charge in [-0.2, -0.15) is 0 Å². The highest BCUT2D eigenvalue weighted by molar-refractivity contribution is 7.91. The molecule has 0 heterocycles. The van der Waals surface area contributed by atoms with Crippen molar-refractivity contribution in [1.29, 1.82) is 0 Å². The summed E-state index contributed by atoms with van der Waals surface area (Å²) in [6, 6.07) is 13.1. The molecule has 2 aromatic rings. The maximum atomic E-state index is 12.3. The van der Waals surface area contributed by atoms with Crippen LogP contribution in [0.25, 0.3) is 0 Å². The summed E-state index contributed by atoms with van der Waals surface area (Å²) in [6.07, 6.45) is 0.0111. The Hall–Kier alpha value is -2.05. The van der Waals surface area contributed by atoms with Gasteiger partial charge in [0.1, 0.15) is 5.75 Å². The molecule has 7 heteroatoms. The van der Waals surface area contributed by atoms with Gasteiger partial charge in [-0.15, -0.1) is 0 Å². The van der Waals surface area contributed by atoms with Crippen molar-refractivity contribution in [3.63, 3.8) is 0 Å². The number of aryl methyl sites for hydroxylation is 1. The molecular weight excluding hydrogens is 376 g/mol. The van der Waals surface area contributed by atoms with Crippen molar-refractivity contribution in [3.05, 3.63) is 59.1 Å². The SMILES string of the molecule is Cc1ccc(OC(CCCCS(=O)(=O)c2ccc(Cl)cc2)C(=O)O)cc1. The van der Waals surface area contributed by atoms with Gasteiger partial charge in [0.2, 0.25) is 0 Å². The average Bonchev–Trinajstić information content (AvgIpc) is 2.59. The summed E-state index contributed by atoms with van der Waals surface area (Å²) in [7, 11) is -3.41. The molecule has 0 bridgehead atoms. The summed E-state index contributed by atoms with van der Waals surface area (Å²) in [5, 5.41) is 9.77. The fraction of sp³-hybridized carbons (Fsp3) is 0.316. The Balaban J connectivity index is 1.86. The van der Waals surface area contributed by atoms with E-state index in [4.69, 9.17) is 16.3 Å². The molecule has 1 unspecified atom stereocenters. The zero-order chi connectivity index (χ0) is 19.2. The molecule has 0 aliphatic heterocycles. The van der Waals surface area contributed by atoms with Gasteiger partial charge in [0.25, 0.3) is 0 Å². The molecule has 2 rings (SSSR count). The van der Waals surface area contributed by atoms with E-state index in [9.17, 15) is 18.3 Å². The normalized spacial score (nSPS) is 12.5. The number of carbonyl (C=O) groups is 1. The van der Waals surface area contributed by atoms with Gasteiger partial charge in [0, 0.05) is 5.02 Å². The lowest BCUT2D eigenvalue weighted by Crippen LogP contribution is -2.27. The van der Waals surface area contributed by atoms with Crippen molar-refractivity contribution < 1.29 is 23.1 Å². The van der Waals surface area contributed by atoms with Crippen molar-refractivity contribution in [2.45, 2.75) is 37.2 Å². The predicted molar refractivity (Wildman–Crippen MR) is 101 cm³/mol. The van der Waals surface area contributed by atoms with Crippen LogP contribution in [0.15, 0.2) is 53.4 Å². The van der Waals surface area contributed by atoms with E-state index in [0.29, 0.717) is 23.6 Å². The smallest absolute Gasteiger partial charge is 0.344 e. The van der Waals surface area contributed by atoms with Crippen molar-refractivity contribution in [2.24, 2.45) is 0 Å². The maximum absolute atomic E-state index is 12.3. The molecule has 0 saturated carbocycles. The fourth-order valence-corrected chi connectivity index (χ4v) is 3.89. The van der Waals surface area contributed by atoms with E-state index in [0.717, 1.165) is 5.56 Å². The molecule has 1 N–H and O–H groups in total. The second-order valence-corrected chi connectivity index (χ2v) is 8.57. The largest absolute Gasteiger partial charge is 0.479 e. The number of unbranched alkanes of at least 4 members (excludes halogenated alkanes) is 1. The Morgan fingerprint density at radius 2 is 1.69 bits per heavy atom. The Bertz CT molecular complexity index is 829. The van der Waals surface area contributed by atoms with Crippen LogP contribution in [0.4, 0.5) is 0 Å². The standard InChI is InChI=1S/C19H21ClO5S/c1-14-5-9-16(10-6-14)25-18(19(21)22)4-2-3-13-26(23,24)17-11-7-15(20)8-12-17/h5-12,18H,2-4,13H2,1H3,(H,21,22). The second kappa shape index (κ2) is 9.05. The van der Waals surface area contributed by atoms with E-state index in [-0.39, 0.29) is 17.1 Å². The number of hydrogen-bond donors (Lipinski definition) is 1. The third-order valence-corrected chi connectivity index (χ3v) is 5.95. The number of carboxylic acids is 1. The minimum atomic E-state index is -3.41. The van der Waals surface area contributed by atoms with Gasteiger partial charge >= 0.3 is 5.97 Å². The van der Waals surface area contributed by atoms with Crippen LogP contribution in [0.1, 0.15) is 24.8 Å². The number of ether oxygens (including phenoxy) is 1. The summed E-state index contributed by atoms with van der Waals surface area (Å²) in [5.41, 5.74) is 1.05. The van der Waals surface area contributed by atoms with Gasteiger partial charge in [-0.25, -0.2) is 13.2 Å². The molecule has 0 aliphatic carbocycles. The van der Waals surface area contributed by atoms with Crippen LogP contribution in [0.2, 0.25) is 5.02 Å². The van der Waals surface area contributed by atoms with Crippen LogP contribution >= 0.6 is 11.6 Å². The minimum Gasteiger partial charge on any atom is -0.479 e. The molecule has 0 spiro atoms. The molecular formula is C19H21ClO5S. The number of hydrogen-bond acceptors (Lipinski definition) is 4. The summed E-state index contributed by atoms with van der Waals surface area (Å²) < 4.78 is 30.0. The Kier molecular flexibility index (Phi) is 7.06. The Labute approximate surface area is 158 Å². The maximum Gasteiger partial charge on any atom is 0.344 e. The summed E-state index contributed by atoms with van der Waals surface area (Å²) in [6.45, 7) is 1.93. The van der Waals surface area contributed by atoms with Crippen LogP contribution in [-0.4, -0.2) is 31.4 Å². The number of carboxylic acid groups (broad SMARTS) is 1. The van der Waals surface area contributed by atoms with Crippen molar-refractivity contribution in [1.82, 2.24) is 0 Å². The highest BCUT2D eigenvalue weighted by Crippen LogP contribution is 2.19. The summed E-state index contributed by atoms with van der Waals surface area (Å²) in [4.78, 5) is 11.6. The Morgan fingerprint density at radius 3 is 2.27 bits per heavy atom.